The average Bonchev–Trinajstić information content (AvgIpc) is 3.10. The number of piperidine rings is 1. The Kier molecular flexibility index (Phi) is 4.49. The number of nitrogens with zero attached hydrogens (tertiary/aromatic N) is 3. The second-order valence-corrected chi connectivity index (χ2v) is 7.05. The van der Waals surface area contributed by atoms with E-state index in [0.29, 0.717) is 5.92 Å². The SMILES string of the molecule is N#Cc1cccc(CN2CCCC(Cc3ccc4[nH]ncc4c3)C2)c1. The predicted molar refractivity (Wildman–Crippen MR) is 99.0 cm³/mol. The van der Waals surface area contributed by atoms with Gasteiger partial charge in [-0.25, -0.2) is 0 Å². The molecule has 126 valence electrons. The highest BCUT2D eigenvalue weighted by molar-refractivity contribution is 5.78. The van der Waals surface area contributed by atoms with Gasteiger partial charge in [0.2, 0.25) is 0 Å². The number of nitriles is 1. The average molecular weight is 330 g/mol. The van der Waals surface area contributed by atoms with Crippen molar-refractivity contribution in [2.24, 2.45) is 5.92 Å². The van der Waals surface area contributed by atoms with Crippen molar-refractivity contribution >= 4 is 10.9 Å². The fraction of sp³-hybridized carbons (Fsp3) is 0.333. The van der Waals surface area contributed by atoms with Gasteiger partial charge in [-0.15, -0.1) is 0 Å². The maximum atomic E-state index is 9.06. The van der Waals surface area contributed by atoms with Crippen LogP contribution in [0.1, 0.15) is 29.5 Å². The molecule has 1 N–H and O–H groups in total. The van der Waals surface area contributed by atoms with Crippen LogP contribution in [-0.4, -0.2) is 28.2 Å². The molecule has 25 heavy (non-hydrogen) atoms. The van der Waals surface area contributed by atoms with Crippen molar-refractivity contribution in [3.63, 3.8) is 0 Å². The second-order valence-electron chi connectivity index (χ2n) is 7.05. The Balaban J connectivity index is 1.41. The van der Waals surface area contributed by atoms with E-state index in [1.807, 2.05) is 24.4 Å². The molecule has 4 nitrogen and oxygen atoms in total. The van der Waals surface area contributed by atoms with Crippen molar-refractivity contribution in [2.75, 3.05) is 13.1 Å². The normalized spacial score (nSPS) is 18.3. The third-order valence-electron chi connectivity index (χ3n) is 5.09. The second kappa shape index (κ2) is 7.08. The Hall–Kier alpha value is -2.64. The highest BCUT2D eigenvalue weighted by atomic mass is 15.1. The van der Waals surface area contributed by atoms with E-state index in [9.17, 15) is 0 Å². The summed E-state index contributed by atoms with van der Waals surface area (Å²) < 4.78 is 0. The molecule has 0 spiro atoms. The number of hydrogen-bond donors (Lipinski definition) is 1. The largest absolute Gasteiger partial charge is 0.299 e. The lowest BCUT2D eigenvalue weighted by Gasteiger charge is -2.33. The summed E-state index contributed by atoms with van der Waals surface area (Å²) in [6, 6.07) is 16.8. The van der Waals surface area contributed by atoms with Crippen LogP contribution in [0.15, 0.2) is 48.7 Å². The first-order valence-electron chi connectivity index (χ1n) is 8.93. The van der Waals surface area contributed by atoms with Gasteiger partial charge in [0.1, 0.15) is 0 Å². The molecule has 1 aliphatic rings. The van der Waals surface area contributed by atoms with Gasteiger partial charge in [-0.3, -0.25) is 10.00 Å². The van der Waals surface area contributed by atoms with Crippen LogP contribution in [0.2, 0.25) is 0 Å². The van der Waals surface area contributed by atoms with Gasteiger partial charge in [0, 0.05) is 18.5 Å². The maximum Gasteiger partial charge on any atom is 0.0991 e. The quantitative estimate of drug-likeness (QED) is 0.789. The lowest BCUT2D eigenvalue weighted by Crippen LogP contribution is -2.35. The molecule has 0 saturated carbocycles. The lowest BCUT2D eigenvalue weighted by atomic mass is 9.90. The van der Waals surface area contributed by atoms with Crippen LogP contribution in [-0.2, 0) is 13.0 Å². The van der Waals surface area contributed by atoms with Crippen molar-refractivity contribution < 1.29 is 0 Å². The van der Waals surface area contributed by atoms with Gasteiger partial charge in [-0.05, 0) is 67.1 Å². The Bertz CT molecular complexity index is 905. The molecule has 0 bridgehead atoms. The van der Waals surface area contributed by atoms with Gasteiger partial charge in [0.15, 0.2) is 0 Å². The van der Waals surface area contributed by atoms with Gasteiger partial charge >= 0.3 is 0 Å². The standard InChI is InChI=1S/C21H22N4/c22-12-17-3-1-4-18(10-17)14-25-8-2-5-19(15-25)9-16-6-7-21-20(11-16)13-23-24-21/h1,3-4,6-7,10-11,13,19H,2,5,8-9,14-15H2,(H,23,24). The number of benzene rings is 2. The first-order chi connectivity index (χ1) is 12.3. The van der Waals surface area contributed by atoms with Gasteiger partial charge in [0.25, 0.3) is 0 Å². The zero-order chi connectivity index (χ0) is 17.1. The number of rotatable bonds is 4. The molecule has 2 aromatic carbocycles. The number of aromatic amines is 1. The van der Waals surface area contributed by atoms with Crippen LogP contribution in [0, 0.1) is 17.2 Å². The van der Waals surface area contributed by atoms with E-state index in [2.05, 4.69) is 45.4 Å². The van der Waals surface area contributed by atoms with E-state index in [1.165, 1.54) is 29.4 Å². The van der Waals surface area contributed by atoms with E-state index >= 15 is 0 Å². The summed E-state index contributed by atoms with van der Waals surface area (Å²) in [4.78, 5) is 2.53. The first-order valence-corrected chi connectivity index (χ1v) is 8.93. The summed E-state index contributed by atoms with van der Waals surface area (Å²) in [6.45, 7) is 3.21. The smallest absolute Gasteiger partial charge is 0.0991 e. The third-order valence-corrected chi connectivity index (χ3v) is 5.09. The molecular weight excluding hydrogens is 308 g/mol. The summed E-state index contributed by atoms with van der Waals surface area (Å²) >= 11 is 0. The molecule has 4 heteroatoms. The summed E-state index contributed by atoms with van der Waals surface area (Å²) in [5, 5.41) is 17.4. The van der Waals surface area contributed by atoms with E-state index in [4.69, 9.17) is 5.26 Å². The van der Waals surface area contributed by atoms with Gasteiger partial charge in [-0.1, -0.05) is 18.2 Å². The molecule has 3 aromatic rings. The fourth-order valence-corrected chi connectivity index (χ4v) is 3.91. The van der Waals surface area contributed by atoms with Crippen LogP contribution < -0.4 is 0 Å². The molecule has 1 aliphatic heterocycles. The predicted octanol–water partition coefficient (Wildman–Crippen LogP) is 3.89. The molecule has 1 unspecified atom stereocenters. The molecule has 1 atom stereocenters. The summed E-state index contributed by atoms with van der Waals surface area (Å²) in [7, 11) is 0. The summed E-state index contributed by atoms with van der Waals surface area (Å²) in [5.74, 6) is 0.692. The number of H-pyrrole nitrogens is 1. The minimum absolute atomic E-state index is 0.692. The van der Waals surface area contributed by atoms with Crippen molar-refractivity contribution in [3.8, 4) is 6.07 Å². The highest BCUT2D eigenvalue weighted by Crippen LogP contribution is 2.24. The van der Waals surface area contributed by atoms with Crippen LogP contribution in [0.3, 0.4) is 0 Å². The topological polar surface area (TPSA) is 55.7 Å². The zero-order valence-electron chi connectivity index (χ0n) is 14.3. The van der Waals surface area contributed by atoms with Crippen LogP contribution >= 0.6 is 0 Å². The van der Waals surface area contributed by atoms with Crippen LogP contribution in [0.25, 0.3) is 10.9 Å². The van der Waals surface area contributed by atoms with E-state index in [-0.39, 0.29) is 0 Å². The Morgan fingerprint density at radius 2 is 2.16 bits per heavy atom. The van der Waals surface area contributed by atoms with Gasteiger partial charge in [0.05, 0.1) is 23.3 Å². The molecular formula is C21H22N4. The van der Waals surface area contributed by atoms with E-state index in [0.717, 1.165) is 37.1 Å². The molecule has 1 fully saturated rings. The first kappa shape index (κ1) is 15.9. The van der Waals surface area contributed by atoms with Gasteiger partial charge < -0.3 is 0 Å². The molecule has 2 heterocycles. The fourth-order valence-electron chi connectivity index (χ4n) is 3.91. The molecule has 0 aliphatic carbocycles. The maximum absolute atomic E-state index is 9.06. The molecule has 0 amide bonds. The number of fused-ring (bicyclic) bond motifs is 1. The number of likely N-dealkylation sites (tertiary alicyclic amines) is 1. The highest BCUT2D eigenvalue weighted by Gasteiger charge is 2.20. The Morgan fingerprint density at radius 1 is 1.20 bits per heavy atom. The summed E-state index contributed by atoms with van der Waals surface area (Å²) in [5.41, 5.74) is 4.48. The van der Waals surface area contributed by atoms with Crippen LogP contribution in [0.4, 0.5) is 0 Å². The Labute approximate surface area is 148 Å². The molecule has 0 radical (unpaired) electrons. The zero-order valence-corrected chi connectivity index (χ0v) is 14.3. The van der Waals surface area contributed by atoms with Crippen molar-refractivity contribution in [1.29, 1.82) is 5.26 Å². The van der Waals surface area contributed by atoms with Crippen molar-refractivity contribution in [3.05, 3.63) is 65.4 Å². The minimum atomic E-state index is 0.692. The number of hydrogen-bond acceptors (Lipinski definition) is 3. The van der Waals surface area contributed by atoms with Gasteiger partial charge in [-0.2, -0.15) is 10.4 Å². The molecule has 4 rings (SSSR count). The molecule has 1 aromatic heterocycles. The summed E-state index contributed by atoms with van der Waals surface area (Å²) in [6.07, 6.45) is 5.55. The van der Waals surface area contributed by atoms with Crippen LogP contribution in [0.5, 0.6) is 0 Å². The van der Waals surface area contributed by atoms with Crippen molar-refractivity contribution in [2.45, 2.75) is 25.8 Å². The van der Waals surface area contributed by atoms with E-state index in [1.54, 1.807) is 0 Å². The monoisotopic (exact) mass is 330 g/mol. The lowest BCUT2D eigenvalue weighted by molar-refractivity contribution is 0.167. The number of aromatic nitrogens is 2. The minimum Gasteiger partial charge on any atom is -0.299 e. The molecule has 1 saturated heterocycles. The number of nitrogens with one attached hydrogen (secondary N) is 1. The van der Waals surface area contributed by atoms with E-state index < -0.39 is 0 Å². The Morgan fingerprint density at radius 3 is 3.08 bits per heavy atom. The third kappa shape index (κ3) is 3.72. The van der Waals surface area contributed by atoms with Crippen molar-refractivity contribution in [1.82, 2.24) is 15.1 Å².